The molecule has 2 fully saturated rings. The predicted molar refractivity (Wildman–Crippen MR) is 94.5 cm³/mol. The Morgan fingerprint density at radius 1 is 1.00 bits per heavy atom. The number of carbonyl (C=O) groups excluding carboxylic acids is 3. The van der Waals surface area contributed by atoms with E-state index in [0.29, 0.717) is 43.3 Å². The van der Waals surface area contributed by atoms with Crippen LogP contribution in [0.4, 0.5) is 0 Å². The van der Waals surface area contributed by atoms with Crippen molar-refractivity contribution in [1.29, 1.82) is 0 Å². The molecule has 0 aromatic heterocycles. The van der Waals surface area contributed by atoms with Crippen LogP contribution in [-0.2, 0) is 4.79 Å². The van der Waals surface area contributed by atoms with Gasteiger partial charge in [0.15, 0.2) is 5.78 Å². The Morgan fingerprint density at radius 3 is 2.08 bits per heavy atom. The summed E-state index contributed by atoms with van der Waals surface area (Å²) < 4.78 is 0. The molecule has 1 aliphatic carbocycles. The average molecular weight is 343 g/mol. The topological polar surface area (TPSA) is 69.7 Å². The van der Waals surface area contributed by atoms with Crippen LogP contribution in [0.1, 0.15) is 47.4 Å². The zero-order valence-electron chi connectivity index (χ0n) is 14.8. The lowest BCUT2D eigenvalue weighted by Gasteiger charge is -2.37. The fourth-order valence-electron chi connectivity index (χ4n) is 3.06. The molecule has 1 aliphatic heterocycles. The monoisotopic (exact) mass is 343 g/mol. The van der Waals surface area contributed by atoms with Gasteiger partial charge in [-0.15, -0.1) is 0 Å². The van der Waals surface area contributed by atoms with Crippen LogP contribution in [0, 0.1) is 0 Å². The number of hydrogen-bond acceptors (Lipinski definition) is 4. The molecule has 6 nitrogen and oxygen atoms in total. The predicted octanol–water partition coefficient (Wildman–Crippen LogP) is 1.31. The summed E-state index contributed by atoms with van der Waals surface area (Å²) in [6.45, 7) is 6.03. The Morgan fingerprint density at radius 2 is 1.56 bits per heavy atom. The van der Waals surface area contributed by atoms with Crippen molar-refractivity contribution in [3.63, 3.8) is 0 Å². The molecule has 0 spiro atoms. The van der Waals surface area contributed by atoms with Gasteiger partial charge >= 0.3 is 0 Å². The third-order valence-corrected chi connectivity index (χ3v) is 4.99. The van der Waals surface area contributed by atoms with Crippen molar-refractivity contribution in [2.75, 3.05) is 26.2 Å². The summed E-state index contributed by atoms with van der Waals surface area (Å²) in [5.41, 5.74) is 1.20. The zero-order valence-corrected chi connectivity index (χ0v) is 14.8. The van der Waals surface area contributed by atoms with Gasteiger partial charge in [-0.1, -0.05) is 12.1 Å². The average Bonchev–Trinajstić information content (AvgIpc) is 3.44. The Bertz CT molecular complexity index is 659. The first kappa shape index (κ1) is 17.6. The van der Waals surface area contributed by atoms with E-state index >= 15 is 0 Å². The number of benzene rings is 1. The van der Waals surface area contributed by atoms with E-state index in [-0.39, 0.29) is 23.6 Å². The summed E-state index contributed by atoms with van der Waals surface area (Å²) in [6.07, 6.45) is 2.17. The minimum atomic E-state index is -0.160. The number of ketones is 1. The van der Waals surface area contributed by atoms with Gasteiger partial charge in [0.05, 0.1) is 6.04 Å². The number of nitrogens with one attached hydrogen (secondary N) is 1. The van der Waals surface area contributed by atoms with Crippen LogP contribution in [0.5, 0.6) is 0 Å². The first-order chi connectivity index (χ1) is 12.0. The number of carbonyl (C=O) groups is 3. The molecule has 1 saturated carbocycles. The van der Waals surface area contributed by atoms with Crippen LogP contribution < -0.4 is 5.32 Å². The first-order valence-corrected chi connectivity index (χ1v) is 8.90. The molecule has 0 unspecified atom stereocenters. The molecule has 25 heavy (non-hydrogen) atoms. The normalized spacial score (nSPS) is 19.4. The molecule has 2 amide bonds. The van der Waals surface area contributed by atoms with Crippen molar-refractivity contribution in [3.8, 4) is 0 Å². The molecule has 1 atom stereocenters. The van der Waals surface area contributed by atoms with Crippen LogP contribution in [-0.4, -0.2) is 65.7 Å². The lowest BCUT2D eigenvalue weighted by Crippen LogP contribution is -2.55. The third-order valence-electron chi connectivity index (χ3n) is 4.99. The van der Waals surface area contributed by atoms with E-state index in [0.717, 1.165) is 12.8 Å². The molecule has 1 aromatic carbocycles. The molecule has 6 heteroatoms. The zero-order chi connectivity index (χ0) is 18.0. The molecule has 1 aromatic rings. The SMILES string of the molecule is CC(=O)c1ccc(C(=O)N2CCN([C@@H](C)C(=O)NC3CC3)CC2)cc1. The van der Waals surface area contributed by atoms with Gasteiger partial charge in [0, 0.05) is 43.3 Å². The molecule has 2 aliphatic rings. The summed E-state index contributed by atoms with van der Waals surface area (Å²) in [5.74, 6) is 0.0537. The van der Waals surface area contributed by atoms with Crippen LogP contribution in [0.3, 0.4) is 0 Å². The molecule has 1 heterocycles. The summed E-state index contributed by atoms with van der Waals surface area (Å²) >= 11 is 0. The molecule has 3 rings (SSSR count). The minimum absolute atomic E-state index is 0.00826. The van der Waals surface area contributed by atoms with Gasteiger partial charge < -0.3 is 10.2 Å². The van der Waals surface area contributed by atoms with Crippen LogP contribution >= 0.6 is 0 Å². The quantitative estimate of drug-likeness (QED) is 0.819. The number of hydrogen-bond donors (Lipinski definition) is 1. The van der Waals surface area contributed by atoms with E-state index in [1.807, 2.05) is 11.8 Å². The highest BCUT2D eigenvalue weighted by molar-refractivity contribution is 5.97. The standard InChI is InChI=1S/C19H25N3O3/c1-13(18(24)20-17-7-8-17)21-9-11-22(12-10-21)19(25)16-5-3-15(4-6-16)14(2)23/h3-6,13,17H,7-12H2,1-2H3,(H,20,24)/t13-/m0/s1. The van der Waals surface area contributed by atoms with E-state index in [1.165, 1.54) is 6.92 Å². The number of Topliss-reactive ketones (excluding diaryl/α,β-unsaturated/α-hetero) is 1. The second-order valence-corrected chi connectivity index (χ2v) is 6.92. The number of amides is 2. The van der Waals surface area contributed by atoms with Crippen molar-refractivity contribution in [1.82, 2.24) is 15.1 Å². The second-order valence-electron chi connectivity index (χ2n) is 6.92. The summed E-state index contributed by atoms with van der Waals surface area (Å²) in [7, 11) is 0. The van der Waals surface area contributed by atoms with Gasteiger partial charge in [0.25, 0.3) is 5.91 Å². The third kappa shape index (κ3) is 4.25. The molecule has 0 radical (unpaired) electrons. The Kier molecular flexibility index (Phi) is 5.18. The van der Waals surface area contributed by atoms with Gasteiger partial charge in [-0.2, -0.15) is 0 Å². The number of rotatable bonds is 5. The van der Waals surface area contributed by atoms with Gasteiger partial charge in [-0.3, -0.25) is 19.3 Å². The van der Waals surface area contributed by atoms with Crippen molar-refractivity contribution in [2.45, 2.75) is 38.8 Å². The molecule has 0 bridgehead atoms. The highest BCUT2D eigenvalue weighted by Crippen LogP contribution is 2.19. The maximum Gasteiger partial charge on any atom is 0.253 e. The fourth-order valence-corrected chi connectivity index (χ4v) is 3.06. The second kappa shape index (κ2) is 7.35. The summed E-state index contributed by atoms with van der Waals surface area (Å²) in [4.78, 5) is 40.0. The highest BCUT2D eigenvalue weighted by atomic mass is 16.2. The highest BCUT2D eigenvalue weighted by Gasteiger charge is 2.31. The number of piperazine rings is 1. The molecule has 1 saturated heterocycles. The van der Waals surface area contributed by atoms with Gasteiger partial charge in [-0.25, -0.2) is 0 Å². The van der Waals surface area contributed by atoms with Gasteiger partial charge in [0.2, 0.25) is 5.91 Å². The van der Waals surface area contributed by atoms with E-state index in [9.17, 15) is 14.4 Å². The maximum absolute atomic E-state index is 12.6. The lowest BCUT2D eigenvalue weighted by atomic mass is 10.1. The van der Waals surface area contributed by atoms with E-state index in [4.69, 9.17) is 0 Å². The van der Waals surface area contributed by atoms with Crippen molar-refractivity contribution in [3.05, 3.63) is 35.4 Å². The first-order valence-electron chi connectivity index (χ1n) is 8.90. The van der Waals surface area contributed by atoms with Crippen molar-refractivity contribution in [2.24, 2.45) is 0 Å². The van der Waals surface area contributed by atoms with Crippen LogP contribution in [0.2, 0.25) is 0 Å². The van der Waals surface area contributed by atoms with Crippen LogP contribution in [0.25, 0.3) is 0 Å². The number of nitrogens with zero attached hydrogens (tertiary/aromatic N) is 2. The van der Waals surface area contributed by atoms with Crippen molar-refractivity contribution < 1.29 is 14.4 Å². The summed E-state index contributed by atoms with van der Waals surface area (Å²) in [6, 6.07) is 7.00. The van der Waals surface area contributed by atoms with E-state index in [2.05, 4.69) is 10.2 Å². The smallest absolute Gasteiger partial charge is 0.253 e. The lowest BCUT2D eigenvalue weighted by molar-refractivity contribution is -0.126. The van der Waals surface area contributed by atoms with Gasteiger partial charge in [-0.05, 0) is 38.8 Å². The molecule has 134 valence electrons. The summed E-state index contributed by atoms with van der Waals surface area (Å²) in [5, 5.41) is 3.04. The van der Waals surface area contributed by atoms with Crippen molar-refractivity contribution >= 4 is 17.6 Å². The molecule has 1 N–H and O–H groups in total. The minimum Gasteiger partial charge on any atom is -0.352 e. The Balaban J connectivity index is 1.53. The van der Waals surface area contributed by atoms with E-state index < -0.39 is 0 Å². The fraction of sp³-hybridized carbons (Fsp3) is 0.526. The Hall–Kier alpha value is -2.21. The molecular formula is C19H25N3O3. The maximum atomic E-state index is 12.6. The van der Waals surface area contributed by atoms with Crippen LogP contribution in [0.15, 0.2) is 24.3 Å². The Labute approximate surface area is 148 Å². The molecular weight excluding hydrogens is 318 g/mol. The van der Waals surface area contributed by atoms with Gasteiger partial charge in [0.1, 0.15) is 0 Å². The largest absolute Gasteiger partial charge is 0.352 e. The van der Waals surface area contributed by atoms with E-state index in [1.54, 1.807) is 24.3 Å².